The van der Waals surface area contributed by atoms with Gasteiger partial charge in [0, 0.05) is 37.2 Å². The molecule has 15 atom stereocenters. The quantitative estimate of drug-likeness (QED) is 0.122. The number of hydrogen-bond donors (Lipinski definition) is 4. The molecule has 6 aliphatic rings. The Morgan fingerprint density at radius 3 is 2.34 bits per heavy atom. The van der Waals surface area contributed by atoms with Gasteiger partial charge in [-0.15, -0.1) is 0 Å². The summed E-state index contributed by atoms with van der Waals surface area (Å²) >= 11 is 0. The van der Waals surface area contributed by atoms with E-state index in [0.717, 1.165) is 31.3 Å². The lowest BCUT2D eigenvalue weighted by Crippen LogP contribution is -2.50. The minimum atomic E-state index is -1.18. The zero-order valence-corrected chi connectivity index (χ0v) is 34.5. The second-order valence-electron chi connectivity index (χ2n) is 16.6. The number of aliphatic carboxylic acids is 1. The van der Waals surface area contributed by atoms with Crippen LogP contribution in [0.1, 0.15) is 91.9 Å². The van der Waals surface area contributed by atoms with Gasteiger partial charge in [0.1, 0.15) is 24.4 Å². The number of fused-ring (bicyclic) bond motifs is 13. The topological polar surface area (TPSA) is 161 Å². The Kier molecular flexibility index (Phi) is 18.0. The van der Waals surface area contributed by atoms with Gasteiger partial charge >= 0.3 is 11.9 Å². The Labute approximate surface area is 344 Å². The molecule has 6 heterocycles. The van der Waals surface area contributed by atoms with Gasteiger partial charge in [-0.25, -0.2) is 4.79 Å². The Bertz CT molecular complexity index is 1570. The second kappa shape index (κ2) is 22.8. The lowest BCUT2D eigenvalue weighted by molar-refractivity contribution is -0.175. The van der Waals surface area contributed by atoms with Crippen LogP contribution in [0.3, 0.4) is 0 Å². The van der Waals surface area contributed by atoms with Crippen molar-refractivity contribution in [1.29, 1.82) is 0 Å². The van der Waals surface area contributed by atoms with E-state index in [-0.39, 0.29) is 67.2 Å². The van der Waals surface area contributed by atoms with E-state index in [1.54, 1.807) is 18.2 Å². The zero-order valence-electron chi connectivity index (χ0n) is 34.5. The lowest BCUT2D eigenvalue weighted by Gasteiger charge is -2.40. The van der Waals surface area contributed by atoms with E-state index in [2.05, 4.69) is 32.1 Å². The van der Waals surface area contributed by atoms with Gasteiger partial charge in [0.15, 0.2) is 6.10 Å². The first-order valence-electron chi connectivity index (χ1n) is 21.3. The molecular formula is C47H66O11. The highest BCUT2D eigenvalue weighted by molar-refractivity contribution is 5.82. The van der Waals surface area contributed by atoms with Gasteiger partial charge in [0.2, 0.25) is 0 Å². The minimum absolute atomic E-state index is 0.0508. The van der Waals surface area contributed by atoms with Gasteiger partial charge in [-0.1, -0.05) is 106 Å². The molecule has 58 heavy (non-hydrogen) atoms. The summed E-state index contributed by atoms with van der Waals surface area (Å²) in [6.07, 6.45) is 28.3. The summed E-state index contributed by atoms with van der Waals surface area (Å²) in [5.74, 6) is -1.09. The first-order chi connectivity index (χ1) is 27.9. The highest BCUT2D eigenvalue weighted by Gasteiger charge is 2.45. The fraction of sp³-hybridized carbons (Fsp3) is 0.617. The van der Waals surface area contributed by atoms with Crippen molar-refractivity contribution in [3.63, 3.8) is 0 Å². The minimum Gasteiger partial charge on any atom is -0.481 e. The molecular weight excluding hydrogens is 741 g/mol. The number of aliphatic hydroxyl groups excluding tert-OH is 3. The van der Waals surface area contributed by atoms with Crippen LogP contribution in [0.15, 0.2) is 96.7 Å². The van der Waals surface area contributed by atoms with E-state index < -0.39 is 48.6 Å². The standard InChI is InChI=1S/C47H66O11/c1-30(17-14-15-23-44(50)51)27-31(2)47-40-26-25-34(54-47)18-10-6-5-7-11-19-35(48)46(53)43-28-36(49)32(3)37(56-43)21-16-22-38-33(4)41-29-42(55-38)39(57-41)20-12-8-9-13-24-45(52)58-40/h6,8-13,16,19-20,22,24-27,30,32-43,46-49,53H,5,7,14-15,17-18,21,23,28-29H2,1-4H3,(H,50,51)/b9-8+,10-6+,19-11+,20-12+,22-16+,24-13-,31-27+/t30-,32-,33+,34+,35-,36+,37-,38+,39+,40+,41-,42-,43+,46+,47-/m0/s1. The summed E-state index contributed by atoms with van der Waals surface area (Å²) in [6.45, 7) is 8.15. The molecule has 3 saturated heterocycles. The highest BCUT2D eigenvalue weighted by atomic mass is 16.6. The Morgan fingerprint density at radius 1 is 0.759 bits per heavy atom. The van der Waals surface area contributed by atoms with Gasteiger partial charge in [-0.2, -0.15) is 0 Å². The van der Waals surface area contributed by atoms with Crippen molar-refractivity contribution < 1.29 is 53.7 Å². The number of carboxylic acid groups (broad SMARTS) is 1. The van der Waals surface area contributed by atoms with Crippen LogP contribution in [0.5, 0.6) is 0 Å². The summed E-state index contributed by atoms with van der Waals surface area (Å²) in [5, 5.41) is 41.7. The molecule has 0 saturated carbocycles. The predicted octanol–water partition coefficient (Wildman–Crippen LogP) is 6.80. The fourth-order valence-electron chi connectivity index (χ4n) is 8.38. The van der Waals surface area contributed by atoms with E-state index in [9.17, 15) is 24.9 Å². The van der Waals surface area contributed by atoms with Crippen molar-refractivity contribution in [2.75, 3.05) is 0 Å². The number of ether oxygens (including phenoxy) is 5. The van der Waals surface area contributed by atoms with Gasteiger partial charge in [-0.05, 0) is 63.0 Å². The van der Waals surface area contributed by atoms with Crippen molar-refractivity contribution in [2.45, 2.75) is 165 Å². The molecule has 0 spiro atoms. The van der Waals surface area contributed by atoms with Crippen LogP contribution < -0.4 is 0 Å². The van der Waals surface area contributed by atoms with Gasteiger partial charge in [0.05, 0.1) is 42.7 Å². The van der Waals surface area contributed by atoms with Crippen LogP contribution >= 0.6 is 0 Å². The molecule has 6 rings (SSSR count). The molecule has 6 aliphatic heterocycles. The second-order valence-corrected chi connectivity index (χ2v) is 16.6. The van der Waals surface area contributed by atoms with Crippen molar-refractivity contribution >= 4 is 11.9 Å². The monoisotopic (exact) mass is 806 g/mol. The molecule has 0 aromatic rings. The van der Waals surface area contributed by atoms with Crippen LogP contribution in [-0.4, -0.2) is 106 Å². The molecule has 0 aromatic carbocycles. The maximum atomic E-state index is 13.0. The largest absolute Gasteiger partial charge is 0.481 e. The molecule has 0 unspecified atom stereocenters. The van der Waals surface area contributed by atoms with Crippen molar-refractivity contribution in [2.24, 2.45) is 17.8 Å². The summed E-state index contributed by atoms with van der Waals surface area (Å²) in [6, 6.07) is 0. The zero-order chi connectivity index (χ0) is 41.6. The fourth-order valence-corrected chi connectivity index (χ4v) is 8.38. The molecule has 11 nitrogen and oxygen atoms in total. The third kappa shape index (κ3) is 13.6. The molecule has 0 amide bonds. The maximum Gasteiger partial charge on any atom is 0.331 e. The van der Waals surface area contributed by atoms with Crippen molar-refractivity contribution in [3.05, 3.63) is 96.7 Å². The van der Waals surface area contributed by atoms with E-state index in [1.165, 1.54) is 6.08 Å². The molecule has 3 fully saturated rings. The number of esters is 1. The number of unbranched alkanes of at least 4 members (excludes halogenated alkanes) is 1. The van der Waals surface area contributed by atoms with Crippen LogP contribution in [-0.2, 0) is 33.3 Å². The van der Waals surface area contributed by atoms with Gasteiger partial charge < -0.3 is 44.1 Å². The number of hydrogen-bond acceptors (Lipinski definition) is 10. The SMILES string of the molecule is C/C(=C\[C@@H](C)CCCCC(=O)O)[C@@H]1O[C@H]2C=C[C@H]1OC(=O)\C=C/C=C/C=C/[C@H]1O[C@H]3C[C@@H]1O[C@H](/C=C/C[C@@H]1O[C@H](C[C@@H](O)[C@@H]1C)[C@H](O)[C@@H](O)/C=C/CC/C=C/C2)[C@H]3C. The molecule has 0 radical (unpaired) electrons. The maximum absolute atomic E-state index is 13.0. The number of carboxylic acids is 1. The molecule has 0 aliphatic carbocycles. The lowest BCUT2D eigenvalue weighted by atomic mass is 9.85. The van der Waals surface area contributed by atoms with Crippen LogP contribution in [0.4, 0.5) is 0 Å². The van der Waals surface area contributed by atoms with Crippen LogP contribution in [0.2, 0.25) is 0 Å². The third-order valence-corrected chi connectivity index (χ3v) is 12.0. The first-order valence-corrected chi connectivity index (χ1v) is 21.3. The summed E-state index contributed by atoms with van der Waals surface area (Å²) in [4.78, 5) is 23.9. The Balaban J connectivity index is 1.29. The van der Waals surface area contributed by atoms with Gasteiger partial charge in [-0.3, -0.25) is 4.79 Å². The van der Waals surface area contributed by atoms with E-state index in [0.29, 0.717) is 25.7 Å². The van der Waals surface area contributed by atoms with E-state index in [1.807, 2.05) is 62.5 Å². The number of carbonyl (C=O) groups is 2. The number of rotatable bonds is 7. The van der Waals surface area contributed by atoms with Crippen molar-refractivity contribution in [1.82, 2.24) is 0 Å². The smallest absolute Gasteiger partial charge is 0.331 e. The molecule has 0 aromatic heterocycles. The van der Waals surface area contributed by atoms with Crippen LogP contribution in [0, 0.1) is 17.8 Å². The number of aliphatic hydroxyl groups is 3. The highest BCUT2D eigenvalue weighted by Crippen LogP contribution is 2.38. The predicted molar refractivity (Wildman–Crippen MR) is 222 cm³/mol. The first kappa shape index (κ1) is 45.7. The average molecular weight is 807 g/mol. The van der Waals surface area contributed by atoms with Gasteiger partial charge in [0.25, 0.3) is 0 Å². The summed E-state index contributed by atoms with van der Waals surface area (Å²) in [5.41, 5.74) is 0.945. The summed E-state index contributed by atoms with van der Waals surface area (Å²) in [7, 11) is 0. The Hall–Kier alpha value is -3.42. The number of carbonyl (C=O) groups excluding carboxylic acids is 1. The van der Waals surface area contributed by atoms with E-state index >= 15 is 0 Å². The normalized spacial score (nSPS) is 41.7. The third-order valence-electron chi connectivity index (χ3n) is 12.0. The number of allylic oxidation sites excluding steroid dienone is 7. The molecule has 4 N–H and O–H groups in total. The Morgan fingerprint density at radius 2 is 1.53 bits per heavy atom. The molecule has 11 heteroatoms. The molecule has 320 valence electrons. The average Bonchev–Trinajstić information content (AvgIpc) is 3.54. The van der Waals surface area contributed by atoms with E-state index in [4.69, 9.17) is 28.8 Å². The summed E-state index contributed by atoms with van der Waals surface area (Å²) < 4.78 is 31.5. The molecule has 7 bridgehead atoms. The van der Waals surface area contributed by atoms with Crippen molar-refractivity contribution in [3.8, 4) is 0 Å². The van der Waals surface area contributed by atoms with Crippen LogP contribution in [0.25, 0.3) is 0 Å².